The van der Waals surface area contributed by atoms with Crippen molar-refractivity contribution in [2.75, 3.05) is 26.2 Å². The number of halogens is 3. The molecule has 1 aliphatic heterocycles. The van der Waals surface area contributed by atoms with Crippen molar-refractivity contribution in [2.45, 2.75) is 39.3 Å². The number of nitrogens with one attached hydrogen (secondary N) is 1. The van der Waals surface area contributed by atoms with Gasteiger partial charge in [0, 0.05) is 25.3 Å². The van der Waals surface area contributed by atoms with Gasteiger partial charge in [-0.2, -0.15) is 18.3 Å². The zero-order valence-electron chi connectivity index (χ0n) is 20.8. The fourth-order valence-corrected chi connectivity index (χ4v) is 4.69. The summed E-state index contributed by atoms with van der Waals surface area (Å²) in [6, 6.07) is 17.2. The van der Waals surface area contributed by atoms with Gasteiger partial charge in [0.15, 0.2) is 5.69 Å². The quantitative estimate of drug-likeness (QED) is 0.431. The summed E-state index contributed by atoms with van der Waals surface area (Å²) >= 11 is 0. The first kappa shape index (κ1) is 25.9. The van der Waals surface area contributed by atoms with Gasteiger partial charge in [-0.1, -0.05) is 50.2 Å². The van der Waals surface area contributed by atoms with Crippen LogP contribution in [-0.4, -0.2) is 46.8 Å². The minimum atomic E-state index is -4.32. The molecule has 192 valence electrons. The Labute approximate surface area is 210 Å². The minimum absolute atomic E-state index is 0.183. The smallest absolute Gasteiger partial charge is 0.350 e. The molecular formula is C28H33F3N4O. The summed E-state index contributed by atoms with van der Waals surface area (Å²) in [4.78, 5) is 15.1. The van der Waals surface area contributed by atoms with Gasteiger partial charge < -0.3 is 10.2 Å². The van der Waals surface area contributed by atoms with E-state index >= 15 is 0 Å². The molecule has 2 heterocycles. The number of para-hydroxylation sites is 1. The molecule has 1 saturated heterocycles. The number of likely N-dealkylation sites (tertiary alicyclic amines) is 1. The summed E-state index contributed by atoms with van der Waals surface area (Å²) in [5.74, 6) is 0.555. The predicted molar refractivity (Wildman–Crippen MR) is 134 cm³/mol. The molecular weight excluding hydrogens is 465 g/mol. The Hall–Kier alpha value is -3.13. The van der Waals surface area contributed by atoms with Crippen LogP contribution in [0.15, 0.2) is 60.7 Å². The maximum Gasteiger partial charge on any atom is 0.416 e. The number of hydrogen-bond acceptors (Lipinski definition) is 3. The van der Waals surface area contributed by atoms with Crippen molar-refractivity contribution >= 4 is 5.91 Å². The maximum atomic E-state index is 12.9. The zero-order valence-corrected chi connectivity index (χ0v) is 20.8. The Balaban J connectivity index is 1.30. The molecule has 1 amide bonds. The van der Waals surface area contributed by atoms with E-state index in [9.17, 15) is 18.0 Å². The summed E-state index contributed by atoms with van der Waals surface area (Å²) in [7, 11) is 0. The molecule has 0 spiro atoms. The van der Waals surface area contributed by atoms with Crippen LogP contribution < -0.4 is 5.32 Å². The topological polar surface area (TPSA) is 50.2 Å². The fourth-order valence-electron chi connectivity index (χ4n) is 4.69. The number of nitrogens with zero attached hydrogens (tertiary/aromatic N) is 3. The first-order chi connectivity index (χ1) is 17.2. The first-order valence-electron chi connectivity index (χ1n) is 12.5. The van der Waals surface area contributed by atoms with Gasteiger partial charge in [0.1, 0.15) is 0 Å². The number of amides is 1. The summed E-state index contributed by atoms with van der Waals surface area (Å²) in [5, 5.41) is 7.63. The van der Waals surface area contributed by atoms with Crippen LogP contribution in [0.1, 0.15) is 47.6 Å². The predicted octanol–water partition coefficient (Wildman–Crippen LogP) is 5.38. The van der Waals surface area contributed by atoms with E-state index in [0.717, 1.165) is 43.4 Å². The van der Waals surface area contributed by atoms with Crippen LogP contribution in [0, 0.1) is 11.8 Å². The molecule has 0 unspecified atom stereocenters. The summed E-state index contributed by atoms with van der Waals surface area (Å²) < 4.78 is 40.7. The van der Waals surface area contributed by atoms with E-state index < -0.39 is 11.7 Å². The van der Waals surface area contributed by atoms with Crippen molar-refractivity contribution in [3.8, 4) is 5.69 Å². The van der Waals surface area contributed by atoms with E-state index in [-0.39, 0.29) is 5.91 Å². The average Bonchev–Trinajstić information content (AvgIpc) is 3.48. The van der Waals surface area contributed by atoms with Gasteiger partial charge in [-0.3, -0.25) is 4.79 Å². The normalized spacial score (nSPS) is 16.6. The SMILES string of the molecule is CC(C)Cc1cc(C(=O)NC[C@H]2CCN(CCc3cccc(C(F)(F)F)c3)C2)nn1-c1ccccc1. The highest BCUT2D eigenvalue weighted by Crippen LogP contribution is 2.29. The van der Waals surface area contributed by atoms with E-state index in [4.69, 9.17) is 0 Å². The van der Waals surface area contributed by atoms with Crippen LogP contribution in [-0.2, 0) is 19.0 Å². The molecule has 1 N–H and O–H groups in total. The fraction of sp³-hybridized carbons (Fsp3) is 0.429. The minimum Gasteiger partial charge on any atom is -0.350 e. The van der Waals surface area contributed by atoms with E-state index in [1.54, 1.807) is 6.07 Å². The maximum absolute atomic E-state index is 12.9. The highest BCUT2D eigenvalue weighted by Gasteiger charge is 2.30. The van der Waals surface area contributed by atoms with E-state index in [0.29, 0.717) is 42.6 Å². The lowest BCUT2D eigenvalue weighted by molar-refractivity contribution is -0.137. The van der Waals surface area contributed by atoms with Gasteiger partial charge in [0.05, 0.1) is 11.3 Å². The Bertz CT molecular complexity index is 1160. The van der Waals surface area contributed by atoms with Crippen LogP contribution in [0.3, 0.4) is 0 Å². The van der Waals surface area contributed by atoms with Crippen molar-refractivity contribution in [3.05, 3.63) is 83.2 Å². The van der Waals surface area contributed by atoms with Crippen LogP contribution in [0.25, 0.3) is 5.69 Å². The lowest BCUT2D eigenvalue weighted by atomic mass is 10.1. The Morgan fingerprint density at radius 2 is 1.89 bits per heavy atom. The Morgan fingerprint density at radius 1 is 1.11 bits per heavy atom. The number of alkyl halides is 3. The third-order valence-electron chi connectivity index (χ3n) is 6.53. The van der Waals surface area contributed by atoms with Gasteiger partial charge >= 0.3 is 6.18 Å². The molecule has 0 aliphatic carbocycles. The monoisotopic (exact) mass is 498 g/mol. The Kier molecular flexibility index (Phi) is 8.14. The van der Waals surface area contributed by atoms with Crippen molar-refractivity contribution in [1.29, 1.82) is 0 Å². The summed E-state index contributed by atoms with van der Waals surface area (Å²) in [6.45, 7) is 7.22. The molecule has 1 aromatic heterocycles. The zero-order chi connectivity index (χ0) is 25.7. The second-order valence-corrected chi connectivity index (χ2v) is 9.98. The molecule has 5 nitrogen and oxygen atoms in total. The summed E-state index contributed by atoms with van der Waals surface area (Å²) in [6.07, 6.45) is -1.99. The summed E-state index contributed by atoms with van der Waals surface area (Å²) in [5.41, 5.74) is 2.43. The number of carbonyl (C=O) groups is 1. The number of hydrogen-bond donors (Lipinski definition) is 1. The molecule has 8 heteroatoms. The molecule has 0 radical (unpaired) electrons. The number of benzene rings is 2. The van der Waals surface area contributed by atoms with E-state index in [2.05, 4.69) is 29.2 Å². The first-order valence-corrected chi connectivity index (χ1v) is 12.5. The van der Waals surface area contributed by atoms with Crippen LogP contribution in [0.2, 0.25) is 0 Å². The second-order valence-electron chi connectivity index (χ2n) is 9.98. The van der Waals surface area contributed by atoms with Gasteiger partial charge in [-0.05, 0) is 67.5 Å². The lowest BCUT2D eigenvalue weighted by Crippen LogP contribution is -2.31. The van der Waals surface area contributed by atoms with Crippen molar-refractivity contribution in [1.82, 2.24) is 20.0 Å². The molecule has 36 heavy (non-hydrogen) atoms. The molecule has 3 aromatic rings. The van der Waals surface area contributed by atoms with Gasteiger partial charge in [0.2, 0.25) is 0 Å². The highest BCUT2D eigenvalue weighted by atomic mass is 19.4. The van der Waals surface area contributed by atoms with Gasteiger partial charge in [-0.25, -0.2) is 4.68 Å². The molecule has 1 aliphatic rings. The largest absolute Gasteiger partial charge is 0.416 e. The number of rotatable bonds is 9. The molecule has 1 fully saturated rings. The molecule has 2 aromatic carbocycles. The van der Waals surface area contributed by atoms with Gasteiger partial charge in [-0.15, -0.1) is 0 Å². The molecule has 1 atom stereocenters. The van der Waals surface area contributed by atoms with Crippen LogP contribution >= 0.6 is 0 Å². The lowest BCUT2D eigenvalue weighted by Gasteiger charge is -2.17. The molecule has 0 saturated carbocycles. The highest BCUT2D eigenvalue weighted by molar-refractivity contribution is 5.92. The van der Waals surface area contributed by atoms with Crippen LogP contribution in [0.5, 0.6) is 0 Å². The average molecular weight is 499 g/mol. The second kappa shape index (κ2) is 11.3. The molecule has 4 rings (SSSR count). The van der Waals surface area contributed by atoms with Crippen molar-refractivity contribution in [2.24, 2.45) is 11.8 Å². The third-order valence-corrected chi connectivity index (χ3v) is 6.53. The standard InChI is InChI=1S/C28H33F3N4O/c1-20(2)15-25-17-26(33-35(25)24-9-4-3-5-10-24)27(36)32-18-22-12-14-34(19-22)13-11-21-7-6-8-23(16-21)28(29,30)31/h3-10,16-17,20,22H,11-15,18-19H2,1-2H3,(H,32,36)/t22-/m1/s1. The van der Waals surface area contributed by atoms with E-state index in [1.165, 1.54) is 12.1 Å². The molecule has 0 bridgehead atoms. The van der Waals surface area contributed by atoms with E-state index in [1.807, 2.05) is 41.1 Å². The third kappa shape index (κ3) is 6.75. The number of carbonyl (C=O) groups excluding carboxylic acids is 1. The number of aromatic nitrogens is 2. The van der Waals surface area contributed by atoms with Crippen LogP contribution in [0.4, 0.5) is 13.2 Å². The Morgan fingerprint density at radius 3 is 2.61 bits per heavy atom. The van der Waals surface area contributed by atoms with Gasteiger partial charge in [0.25, 0.3) is 5.91 Å². The van der Waals surface area contributed by atoms with Crippen molar-refractivity contribution < 1.29 is 18.0 Å². The van der Waals surface area contributed by atoms with Crippen molar-refractivity contribution in [3.63, 3.8) is 0 Å².